The maximum absolute atomic E-state index is 12.5. The number of rotatable bonds is 5. The van der Waals surface area contributed by atoms with Gasteiger partial charge in [0.25, 0.3) is 0 Å². The normalized spacial score (nSPS) is 11.6. The fraction of sp³-hybridized carbons (Fsp3) is 0.158. The van der Waals surface area contributed by atoms with Crippen molar-refractivity contribution in [3.8, 4) is 5.82 Å². The summed E-state index contributed by atoms with van der Waals surface area (Å²) in [6.45, 7) is 0. The van der Waals surface area contributed by atoms with E-state index in [1.807, 2.05) is 0 Å². The van der Waals surface area contributed by atoms with Crippen LogP contribution >= 0.6 is 0 Å². The summed E-state index contributed by atoms with van der Waals surface area (Å²) in [5.41, 5.74) is 1.69. The predicted molar refractivity (Wildman–Crippen MR) is 105 cm³/mol. The third-order valence-corrected chi connectivity index (χ3v) is 4.22. The van der Waals surface area contributed by atoms with Crippen molar-refractivity contribution in [2.24, 2.45) is 7.05 Å². The number of alkyl halides is 3. The molecule has 0 fully saturated rings. The summed E-state index contributed by atoms with van der Waals surface area (Å²) in [6, 6.07) is 8.39. The van der Waals surface area contributed by atoms with E-state index >= 15 is 0 Å². The molecule has 0 aliphatic rings. The minimum absolute atomic E-state index is 0.295. The zero-order valence-corrected chi connectivity index (χ0v) is 15.7. The Morgan fingerprint density at radius 1 is 1.20 bits per heavy atom. The van der Waals surface area contributed by atoms with Gasteiger partial charge >= 0.3 is 6.18 Å². The van der Waals surface area contributed by atoms with Crippen LogP contribution in [0.25, 0.3) is 16.7 Å². The van der Waals surface area contributed by atoms with Gasteiger partial charge in [0.2, 0.25) is 11.9 Å². The maximum atomic E-state index is 12.5. The molecule has 3 heterocycles. The van der Waals surface area contributed by atoms with Crippen LogP contribution in [0.4, 0.5) is 30.5 Å². The fourth-order valence-electron chi connectivity index (χ4n) is 3.01. The molecule has 3 aromatic heterocycles. The van der Waals surface area contributed by atoms with E-state index in [1.165, 1.54) is 0 Å². The van der Waals surface area contributed by atoms with E-state index in [0.29, 0.717) is 28.4 Å². The molecular weight excluding hydrogens is 399 g/mol. The topological polar surface area (TPSA) is 89.7 Å². The first-order chi connectivity index (χ1) is 14.3. The number of amides is 1. The number of carbonyl (C=O) groups excluding carboxylic acids is 1. The summed E-state index contributed by atoms with van der Waals surface area (Å²) in [5.74, 6) is -0.213. The monoisotopic (exact) mass is 415 g/mol. The highest BCUT2D eigenvalue weighted by atomic mass is 19.4. The second kappa shape index (κ2) is 7.50. The van der Waals surface area contributed by atoms with E-state index in [4.69, 9.17) is 0 Å². The van der Waals surface area contributed by atoms with Gasteiger partial charge in [-0.1, -0.05) is 6.07 Å². The number of benzene rings is 1. The largest absolute Gasteiger partial charge is 0.397 e. The molecule has 11 heteroatoms. The molecule has 0 aliphatic carbocycles. The van der Waals surface area contributed by atoms with Crippen LogP contribution in [0.5, 0.6) is 0 Å². The Morgan fingerprint density at radius 3 is 2.77 bits per heavy atom. The SMILES string of the molecule is Cn1cc(Nc2nccc(-n3ccc4c(NC(=O)CC(F)(F)F)cccc43)n2)cn1. The first-order valence-corrected chi connectivity index (χ1v) is 8.84. The third-order valence-electron chi connectivity index (χ3n) is 4.22. The average Bonchev–Trinajstić information content (AvgIpc) is 3.27. The fourth-order valence-corrected chi connectivity index (χ4v) is 3.01. The van der Waals surface area contributed by atoms with E-state index in [9.17, 15) is 18.0 Å². The average molecular weight is 415 g/mol. The number of hydrogen-bond acceptors (Lipinski definition) is 5. The summed E-state index contributed by atoms with van der Waals surface area (Å²) < 4.78 is 40.8. The van der Waals surface area contributed by atoms with Crippen LogP contribution in [0, 0.1) is 0 Å². The molecule has 8 nitrogen and oxygen atoms in total. The first-order valence-electron chi connectivity index (χ1n) is 8.84. The summed E-state index contributed by atoms with van der Waals surface area (Å²) in [4.78, 5) is 20.4. The summed E-state index contributed by atoms with van der Waals surface area (Å²) in [6.07, 6.45) is 0.609. The molecule has 0 aliphatic heterocycles. The van der Waals surface area contributed by atoms with Gasteiger partial charge in [0.05, 0.1) is 23.1 Å². The maximum Gasteiger partial charge on any atom is 0.397 e. The van der Waals surface area contributed by atoms with Crippen LogP contribution in [0.1, 0.15) is 6.42 Å². The molecule has 1 amide bonds. The number of nitrogens with one attached hydrogen (secondary N) is 2. The van der Waals surface area contributed by atoms with Crippen LogP contribution in [-0.2, 0) is 11.8 Å². The van der Waals surface area contributed by atoms with Crippen LogP contribution in [0.3, 0.4) is 0 Å². The number of anilines is 3. The number of aromatic nitrogens is 5. The Morgan fingerprint density at radius 2 is 2.03 bits per heavy atom. The lowest BCUT2D eigenvalue weighted by atomic mass is 10.2. The lowest BCUT2D eigenvalue weighted by Gasteiger charge is -2.10. The van der Waals surface area contributed by atoms with Crippen LogP contribution < -0.4 is 10.6 Å². The Hall–Kier alpha value is -3.89. The second-order valence-corrected chi connectivity index (χ2v) is 6.53. The molecule has 4 rings (SSSR count). The zero-order chi connectivity index (χ0) is 21.3. The minimum Gasteiger partial charge on any atom is -0.325 e. The van der Waals surface area contributed by atoms with Gasteiger partial charge in [0.15, 0.2) is 0 Å². The molecule has 0 radical (unpaired) electrons. The molecule has 2 N–H and O–H groups in total. The number of aryl methyl sites for hydroxylation is 1. The number of carbonyl (C=O) groups is 1. The first kappa shape index (κ1) is 19.4. The molecule has 0 saturated carbocycles. The Labute approximate surface area is 168 Å². The van der Waals surface area contributed by atoms with E-state index < -0.39 is 18.5 Å². The lowest BCUT2D eigenvalue weighted by Crippen LogP contribution is -2.21. The Bertz CT molecular complexity index is 1210. The third kappa shape index (κ3) is 4.24. The number of hydrogen-bond donors (Lipinski definition) is 2. The summed E-state index contributed by atoms with van der Waals surface area (Å²) in [7, 11) is 1.79. The molecule has 0 atom stereocenters. The highest BCUT2D eigenvalue weighted by molar-refractivity contribution is 6.02. The van der Waals surface area contributed by atoms with Gasteiger partial charge in [-0.05, 0) is 24.3 Å². The van der Waals surface area contributed by atoms with E-state index in [2.05, 4.69) is 25.7 Å². The van der Waals surface area contributed by atoms with Crippen molar-refractivity contribution in [3.63, 3.8) is 0 Å². The van der Waals surface area contributed by atoms with Gasteiger partial charge < -0.3 is 15.2 Å². The van der Waals surface area contributed by atoms with Crippen LogP contribution in [0.15, 0.2) is 55.1 Å². The van der Waals surface area contributed by atoms with Gasteiger partial charge in [-0.2, -0.15) is 23.3 Å². The highest BCUT2D eigenvalue weighted by Crippen LogP contribution is 2.28. The molecular formula is C19H16F3N7O. The van der Waals surface area contributed by atoms with Gasteiger partial charge in [0, 0.05) is 31.0 Å². The van der Waals surface area contributed by atoms with E-state index in [0.717, 1.165) is 5.69 Å². The summed E-state index contributed by atoms with van der Waals surface area (Å²) in [5, 5.41) is 10.0. The molecule has 30 heavy (non-hydrogen) atoms. The predicted octanol–water partition coefficient (Wildman–Crippen LogP) is 3.79. The van der Waals surface area contributed by atoms with Crippen molar-refractivity contribution in [3.05, 3.63) is 55.1 Å². The van der Waals surface area contributed by atoms with Crippen molar-refractivity contribution in [1.82, 2.24) is 24.3 Å². The van der Waals surface area contributed by atoms with Crippen LogP contribution in [0.2, 0.25) is 0 Å². The number of nitrogens with zero attached hydrogens (tertiary/aromatic N) is 5. The Kier molecular flexibility index (Phi) is 4.86. The van der Waals surface area contributed by atoms with Crippen molar-refractivity contribution in [2.75, 3.05) is 10.6 Å². The molecule has 0 bridgehead atoms. The molecule has 0 unspecified atom stereocenters. The number of fused-ring (bicyclic) bond motifs is 1. The van der Waals surface area contributed by atoms with Gasteiger partial charge in [-0.25, -0.2) is 4.98 Å². The van der Waals surface area contributed by atoms with Crippen molar-refractivity contribution >= 4 is 34.1 Å². The Balaban J connectivity index is 1.63. The van der Waals surface area contributed by atoms with Crippen molar-refractivity contribution < 1.29 is 18.0 Å². The van der Waals surface area contributed by atoms with E-state index in [-0.39, 0.29) is 0 Å². The second-order valence-electron chi connectivity index (χ2n) is 6.53. The number of halogens is 3. The molecule has 154 valence electrons. The molecule has 0 spiro atoms. The minimum atomic E-state index is -4.57. The van der Waals surface area contributed by atoms with Crippen molar-refractivity contribution in [1.29, 1.82) is 0 Å². The van der Waals surface area contributed by atoms with Crippen molar-refractivity contribution in [2.45, 2.75) is 12.6 Å². The molecule has 1 aromatic carbocycles. The zero-order valence-electron chi connectivity index (χ0n) is 15.7. The highest BCUT2D eigenvalue weighted by Gasteiger charge is 2.31. The van der Waals surface area contributed by atoms with Gasteiger partial charge in [-0.3, -0.25) is 9.48 Å². The van der Waals surface area contributed by atoms with Gasteiger partial charge in [0.1, 0.15) is 12.2 Å². The lowest BCUT2D eigenvalue weighted by molar-refractivity contribution is -0.150. The van der Waals surface area contributed by atoms with Gasteiger partial charge in [-0.15, -0.1) is 0 Å². The van der Waals surface area contributed by atoms with E-state index in [1.54, 1.807) is 71.4 Å². The molecule has 4 aromatic rings. The molecule has 0 saturated heterocycles. The van der Waals surface area contributed by atoms with Crippen LogP contribution in [-0.4, -0.2) is 36.4 Å². The smallest absolute Gasteiger partial charge is 0.325 e. The standard InChI is InChI=1S/C19H16F3N7O/c1-28-11-12(10-24-28)25-18-23-7-5-16(27-18)29-8-6-13-14(3-2-4-15(13)29)26-17(30)9-19(20,21)22/h2-8,10-11H,9H2,1H3,(H,26,30)(H,23,25,27). The summed E-state index contributed by atoms with van der Waals surface area (Å²) >= 11 is 0. The quantitative estimate of drug-likeness (QED) is 0.518.